The van der Waals surface area contributed by atoms with Crippen molar-refractivity contribution in [2.24, 2.45) is 47.3 Å². The number of carboxylic acid groups (broad SMARTS) is 1. The van der Waals surface area contributed by atoms with E-state index in [0.29, 0.717) is 83.5 Å². The van der Waals surface area contributed by atoms with Crippen LogP contribution in [0.4, 0.5) is 24.0 Å². The van der Waals surface area contributed by atoms with Gasteiger partial charge in [0.1, 0.15) is 77.8 Å². The minimum atomic E-state index is -1.04. The SMILES string of the molecule is CCC(C)[C@H](NC(=O)OC)C(=O)N1C[C@@H](C)CC1c1ncc(-c2ccc3c(c2)COc2cc4c(ccc5[nH]c([C@@H]6C[C@H](COC)CN6C(=O)C(NC(=O)OC)[C@@H](C)CC)nc54)cc2-3)[nH]1.CCC(C)[C@H](NC(=O)OC)C(=O)O.CC[C@H](C)[C@H](NC(=O)OC)C(=O)N1C[C@@H](C)CC1c1ncc(-c2ccc3c(c2)COc2cc4c(ccc5[nH]c([C@@H]6C[C@H](COC)CN6C(=O)OC(C)(C)C)nc54)cc2-3)[nH]1. The molecule has 136 heavy (non-hydrogen) atoms. The third-order valence-electron chi connectivity index (χ3n) is 27.6. The highest BCUT2D eigenvalue weighted by atomic mass is 16.6. The molecule has 6 aliphatic rings. The van der Waals surface area contributed by atoms with E-state index in [1.807, 2.05) is 108 Å². The highest BCUT2D eigenvalue weighted by Gasteiger charge is 2.47. The second-order valence-corrected chi connectivity index (χ2v) is 38.3. The lowest BCUT2D eigenvalue weighted by molar-refractivity contribution is -0.141. The zero-order valence-corrected chi connectivity index (χ0v) is 81.2. The van der Waals surface area contributed by atoms with Crippen LogP contribution in [0.5, 0.6) is 11.5 Å². The Hall–Kier alpha value is -13.1. The number of H-pyrrole nitrogens is 4. The Bertz CT molecular complexity index is 6060. The second-order valence-electron chi connectivity index (χ2n) is 38.3. The lowest BCUT2D eigenvalue weighted by Crippen LogP contribution is -2.51. The number of likely N-dealkylation sites (tertiary alicyclic amines) is 4. The van der Waals surface area contributed by atoms with Crippen LogP contribution in [0.3, 0.4) is 0 Å². The van der Waals surface area contributed by atoms with Crippen LogP contribution < -0.4 is 30.7 Å². The zero-order chi connectivity index (χ0) is 97.6. The zero-order valence-electron chi connectivity index (χ0n) is 81.2. The first-order chi connectivity index (χ1) is 65.1. The van der Waals surface area contributed by atoms with Crippen molar-refractivity contribution in [2.75, 3.05) is 82.1 Å². The van der Waals surface area contributed by atoms with Crippen LogP contribution in [0.15, 0.2) is 97.3 Å². The van der Waals surface area contributed by atoms with Crippen molar-refractivity contribution in [1.82, 2.24) is 80.7 Å². The fourth-order valence-electron chi connectivity index (χ4n) is 19.5. The first kappa shape index (κ1) is 98.9. The molecule has 0 aliphatic carbocycles. The number of methoxy groups -OCH3 is 6. The van der Waals surface area contributed by atoms with E-state index in [1.165, 1.54) is 28.4 Å². The number of hydrogen-bond acceptors (Lipinski definition) is 22. The van der Waals surface area contributed by atoms with Gasteiger partial charge < -0.3 is 104 Å². The van der Waals surface area contributed by atoms with E-state index in [4.69, 9.17) is 62.9 Å². The van der Waals surface area contributed by atoms with Crippen LogP contribution in [0.1, 0.15) is 200 Å². The number of aliphatic carboxylic acids is 1. The normalized spacial score (nSPS) is 20.5. The van der Waals surface area contributed by atoms with E-state index in [9.17, 15) is 43.2 Å². The van der Waals surface area contributed by atoms with Crippen molar-refractivity contribution < 1.29 is 90.9 Å². The topological polar surface area (TPSA) is 433 Å². The van der Waals surface area contributed by atoms with Gasteiger partial charge >= 0.3 is 36.4 Å². The van der Waals surface area contributed by atoms with Gasteiger partial charge in [0.2, 0.25) is 17.7 Å². The Labute approximate surface area is 791 Å². The molecule has 4 aromatic heterocycles. The van der Waals surface area contributed by atoms with Gasteiger partial charge in [-0.15, -0.1) is 0 Å². The molecule has 35 nitrogen and oxygen atoms in total. The van der Waals surface area contributed by atoms with Crippen LogP contribution in [-0.2, 0) is 65.5 Å². The number of rotatable bonds is 26. The molecule has 35 heteroatoms. The van der Waals surface area contributed by atoms with E-state index < -0.39 is 60.1 Å². The number of hydrogen-bond donors (Lipinski definition) is 9. The molecule has 728 valence electrons. The van der Waals surface area contributed by atoms with Crippen molar-refractivity contribution >= 4 is 97.8 Å². The smallest absolute Gasteiger partial charge is 0.410 e. The molecular weight excluding hydrogens is 1740 g/mol. The quantitative estimate of drug-likeness (QED) is 0.0227. The molecule has 0 saturated carbocycles. The molecule has 10 aromatic rings. The molecule has 5 unspecified atom stereocenters. The van der Waals surface area contributed by atoms with Gasteiger partial charge in [0.05, 0.1) is 112 Å². The van der Waals surface area contributed by atoms with Gasteiger partial charge in [0.25, 0.3) is 0 Å². The summed E-state index contributed by atoms with van der Waals surface area (Å²) >= 11 is 0. The molecule has 16 rings (SSSR count). The fourth-order valence-corrected chi connectivity index (χ4v) is 19.5. The molecule has 6 aromatic carbocycles. The predicted octanol–water partition coefficient (Wildman–Crippen LogP) is 16.8. The molecule has 4 fully saturated rings. The molecule has 6 aliphatic heterocycles. The number of ether oxygens (including phenoxy) is 9. The summed E-state index contributed by atoms with van der Waals surface area (Å²) in [5.74, 6) is 3.32. The summed E-state index contributed by atoms with van der Waals surface area (Å²) in [5, 5.41) is 23.3. The molecule has 9 N–H and O–H groups in total. The number of nitrogens with zero attached hydrogens (tertiary/aromatic N) is 8. The monoisotopic (exact) mass is 1870 g/mol. The lowest BCUT2D eigenvalue weighted by atomic mass is 9.92. The molecule has 16 atom stereocenters. The summed E-state index contributed by atoms with van der Waals surface area (Å²) in [6, 6.07) is 25.2. The number of carbonyl (C=O) groups excluding carboxylic acids is 8. The molecule has 8 amide bonds. The summed E-state index contributed by atoms with van der Waals surface area (Å²) in [6.07, 6.45) is 6.41. The summed E-state index contributed by atoms with van der Waals surface area (Å²) in [7, 11) is 8.45. The molecule has 0 bridgehead atoms. The Morgan fingerprint density at radius 2 is 0.809 bits per heavy atom. The van der Waals surface area contributed by atoms with Crippen molar-refractivity contribution in [3.8, 4) is 56.3 Å². The van der Waals surface area contributed by atoms with Crippen molar-refractivity contribution in [1.29, 1.82) is 0 Å². The van der Waals surface area contributed by atoms with Crippen molar-refractivity contribution in [3.63, 3.8) is 0 Å². The number of alkyl carbamates (subject to hydrolysis) is 4. The Morgan fingerprint density at radius 3 is 1.18 bits per heavy atom. The third-order valence-corrected chi connectivity index (χ3v) is 27.6. The summed E-state index contributed by atoms with van der Waals surface area (Å²) in [5.41, 5.74) is 12.6. The van der Waals surface area contributed by atoms with Crippen LogP contribution in [0.2, 0.25) is 0 Å². The molecule has 0 radical (unpaired) electrons. The number of amides is 8. The number of carboxylic acids is 1. The minimum Gasteiger partial charge on any atom is -0.488 e. The van der Waals surface area contributed by atoms with E-state index >= 15 is 0 Å². The summed E-state index contributed by atoms with van der Waals surface area (Å²) in [4.78, 5) is 155. The van der Waals surface area contributed by atoms with Crippen LogP contribution in [0, 0.1) is 47.3 Å². The maximum atomic E-state index is 14.2. The number of carbonyl (C=O) groups is 9. The number of aromatic nitrogens is 8. The number of aromatic amines is 4. The highest BCUT2D eigenvalue weighted by molar-refractivity contribution is 6.08. The van der Waals surface area contributed by atoms with Gasteiger partial charge in [-0.2, -0.15) is 0 Å². The van der Waals surface area contributed by atoms with Gasteiger partial charge in [-0.25, -0.2) is 48.7 Å². The lowest BCUT2D eigenvalue weighted by Gasteiger charge is -2.30. The molecular formula is C101H130N16O19. The largest absolute Gasteiger partial charge is 0.488 e. The van der Waals surface area contributed by atoms with Crippen LogP contribution >= 0.6 is 0 Å². The standard InChI is InChI=1S/C48H60N8O8.C45H55N7O7.C8H15NO4/c1-9-26(4)40(53-47(59)62-7)45(57)55-21-25(3)15-37(55)43-49-20-36(51-43)30-11-13-32-31(17-30)24-64-39-19-33-29(18-34(32)39)12-14-35-42(33)52-44(50-35)38-16-28(23-61-6)22-56(38)46(58)41(27(5)10-2)54-48(60)63-8;1-9-25(3)38(50-43(54)57-8)42(53)51-20-24(2)14-35(51)40-46-19-34(48-40)28-10-12-30-29(16-28)23-58-37-18-31-27(17-32(30)37)11-13-33-39(31)49-41(47-33)36-15-26(22-56-7)21-52(36)44(55)59-45(4,5)6;1-4-5(2)6(7(10)11)9-8(12)13-3/h11-14,17-20,25-28,37-38,40-41H,9-10,15-16,21-24H2,1-8H3,(H,49,51)(H,50,52)(H,53,59)(H,54,60);10-13,16-19,24-26,35-36,38H,9,14-15,20-23H2,1-8H3,(H,46,48)(H,47,49)(H,50,54);5-6H,4H2,1-3H3,(H,9,12)(H,10,11)/t25-,26?,27-,28-,37?,38-,40-,41?;24-,25-,26-,35?,36-,38-;5?,6-/m000/s1. The number of benzene rings is 6. The van der Waals surface area contributed by atoms with Crippen molar-refractivity contribution in [3.05, 3.63) is 132 Å². The maximum Gasteiger partial charge on any atom is 0.410 e. The Kier molecular flexibility index (Phi) is 30.9. The number of nitrogens with one attached hydrogen (secondary N) is 8. The molecule has 0 spiro atoms. The number of fused-ring (bicyclic) bond motifs is 12. The first-order valence-corrected chi connectivity index (χ1v) is 47.2. The Balaban J connectivity index is 0.000000193. The third kappa shape index (κ3) is 21.3. The first-order valence-electron chi connectivity index (χ1n) is 47.2. The molecule has 10 heterocycles. The van der Waals surface area contributed by atoms with E-state index in [1.54, 1.807) is 26.0 Å². The van der Waals surface area contributed by atoms with Gasteiger partial charge in [-0.05, 0) is 175 Å². The van der Waals surface area contributed by atoms with Gasteiger partial charge in [-0.3, -0.25) is 19.3 Å². The van der Waals surface area contributed by atoms with Gasteiger partial charge in [-0.1, -0.05) is 131 Å². The fraction of sp³-hybridized carbons (Fsp3) is 0.515. The van der Waals surface area contributed by atoms with E-state index in [0.717, 1.165) is 155 Å². The van der Waals surface area contributed by atoms with E-state index in [-0.39, 0.29) is 95.3 Å². The van der Waals surface area contributed by atoms with Gasteiger partial charge in [0.15, 0.2) is 0 Å². The van der Waals surface area contributed by atoms with E-state index in [2.05, 4.69) is 133 Å². The number of imidazole rings is 4. The highest BCUT2D eigenvalue weighted by Crippen LogP contribution is 2.48. The van der Waals surface area contributed by atoms with Gasteiger partial charge in [0, 0.05) is 74.1 Å². The summed E-state index contributed by atoms with van der Waals surface area (Å²) < 4.78 is 48.6. The predicted molar refractivity (Wildman–Crippen MR) is 511 cm³/mol. The van der Waals surface area contributed by atoms with Crippen molar-refractivity contribution in [2.45, 2.75) is 209 Å². The van der Waals surface area contributed by atoms with Crippen LogP contribution in [-0.4, -0.2) is 231 Å². The van der Waals surface area contributed by atoms with Crippen LogP contribution in [0.25, 0.3) is 88.4 Å². The Morgan fingerprint density at radius 1 is 0.449 bits per heavy atom. The minimum absolute atomic E-state index is 0.0690. The second kappa shape index (κ2) is 42.5. The average Bonchev–Trinajstić information content (AvgIpc) is 1.52. The average molecular weight is 1870 g/mol. The molecule has 4 saturated heterocycles. The summed E-state index contributed by atoms with van der Waals surface area (Å²) in [6.45, 7) is 29.3. The maximum absolute atomic E-state index is 14.2.